The van der Waals surface area contributed by atoms with Crippen LogP contribution >= 0.6 is 12.2 Å². The third-order valence-electron chi connectivity index (χ3n) is 1.43. The lowest BCUT2D eigenvalue weighted by molar-refractivity contribution is 0.397. The van der Waals surface area contributed by atoms with Gasteiger partial charge in [0, 0.05) is 12.6 Å². The molecule has 0 saturated heterocycles. The van der Waals surface area contributed by atoms with Gasteiger partial charge < -0.3 is 15.4 Å². The Balaban J connectivity index is 2.62. The van der Waals surface area contributed by atoms with Crippen LogP contribution in [0.15, 0.2) is 12.4 Å². The van der Waals surface area contributed by atoms with Gasteiger partial charge >= 0.3 is 0 Å². The molecule has 0 aliphatic heterocycles. The lowest BCUT2D eigenvalue weighted by Crippen LogP contribution is -2.28. The quantitative estimate of drug-likeness (QED) is 0.722. The Morgan fingerprint density at radius 2 is 2.36 bits per heavy atom. The fraction of sp³-hybridized carbons (Fsp3) is 0.375. The average molecular weight is 212 g/mol. The largest absolute Gasteiger partial charge is 0.481 e. The third kappa shape index (κ3) is 3.14. The van der Waals surface area contributed by atoms with E-state index in [2.05, 4.69) is 20.6 Å². The van der Waals surface area contributed by atoms with Crippen LogP contribution in [-0.4, -0.2) is 28.7 Å². The summed E-state index contributed by atoms with van der Waals surface area (Å²) in [5, 5.41) is 6.39. The predicted octanol–water partition coefficient (Wildman–Crippen LogP) is 0.791. The monoisotopic (exact) mass is 212 g/mol. The van der Waals surface area contributed by atoms with E-state index in [-0.39, 0.29) is 0 Å². The highest BCUT2D eigenvalue weighted by Crippen LogP contribution is 2.09. The SMILES string of the molecule is CCNC(=S)Nc1cc(OC)ncn1. The minimum absolute atomic E-state index is 0.502. The molecular formula is C8H12N4OS. The number of anilines is 1. The Hall–Kier alpha value is -1.43. The second kappa shape index (κ2) is 5.33. The summed E-state index contributed by atoms with van der Waals surface area (Å²) in [7, 11) is 1.55. The van der Waals surface area contributed by atoms with Gasteiger partial charge in [0.1, 0.15) is 12.1 Å². The summed E-state index contributed by atoms with van der Waals surface area (Å²) in [6.07, 6.45) is 1.41. The van der Waals surface area contributed by atoms with E-state index >= 15 is 0 Å². The van der Waals surface area contributed by atoms with Crippen LogP contribution in [0.3, 0.4) is 0 Å². The number of hydrogen-bond donors (Lipinski definition) is 2. The normalized spacial score (nSPS) is 9.29. The van der Waals surface area contributed by atoms with Crippen molar-refractivity contribution in [2.45, 2.75) is 6.92 Å². The number of ether oxygens (including phenoxy) is 1. The van der Waals surface area contributed by atoms with Gasteiger partial charge in [-0.1, -0.05) is 0 Å². The van der Waals surface area contributed by atoms with Gasteiger partial charge in [0.25, 0.3) is 0 Å². The zero-order valence-corrected chi connectivity index (χ0v) is 8.89. The fourth-order valence-corrected chi connectivity index (χ4v) is 1.09. The summed E-state index contributed by atoms with van der Waals surface area (Å²) in [6.45, 7) is 2.74. The molecule has 0 aromatic carbocycles. The molecule has 1 rings (SSSR count). The van der Waals surface area contributed by atoms with E-state index in [1.807, 2.05) is 6.92 Å². The van der Waals surface area contributed by atoms with Gasteiger partial charge in [-0.3, -0.25) is 0 Å². The molecule has 2 N–H and O–H groups in total. The smallest absolute Gasteiger partial charge is 0.218 e. The van der Waals surface area contributed by atoms with Crippen molar-refractivity contribution in [1.82, 2.24) is 15.3 Å². The number of nitrogens with zero attached hydrogens (tertiary/aromatic N) is 2. The molecule has 1 heterocycles. The van der Waals surface area contributed by atoms with Crippen LogP contribution < -0.4 is 15.4 Å². The summed E-state index contributed by atoms with van der Waals surface area (Å²) < 4.78 is 4.94. The molecule has 0 saturated carbocycles. The second-order valence-corrected chi connectivity index (χ2v) is 2.84. The Kier molecular flexibility index (Phi) is 4.06. The molecule has 0 amide bonds. The predicted molar refractivity (Wildman–Crippen MR) is 58.5 cm³/mol. The minimum atomic E-state index is 0.502. The molecule has 0 unspecified atom stereocenters. The molecule has 0 radical (unpaired) electrons. The molecule has 0 aliphatic rings. The van der Waals surface area contributed by atoms with Crippen LogP contribution in [0.4, 0.5) is 5.82 Å². The topological polar surface area (TPSA) is 59.1 Å². The first-order valence-electron chi connectivity index (χ1n) is 4.17. The molecule has 0 spiro atoms. The van der Waals surface area contributed by atoms with Crippen LogP contribution in [0.2, 0.25) is 0 Å². The van der Waals surface area contributed by atoms with E-state index in [0.29, 0.717) is 16.8 Å². The standard InChI is InChI=1S/C8H12N4OS/c1-3-9-8(14)12-6-4-7(13-2)11-5-10-6/h4-5H,3H2,1-2H3,(H2,9,10,11,12,14). The van der Waals surface area contributed by atoms with Gasteiger partial charge in [0.2, 0.25) is 5.88 Å². The summed E-state index contributed by atoms with van der Waals surface area (Å²) >= 11 is 4.99. The third-order valence-corrected chi connectivity index (χ3v) is 1.68. The van der Waals surface area contributed by atoms with Crippen molar-refractivity contribution in [3.63, 3.8) is 0 Å². The molecule has 14 heavy (non-hydrogen) atoms. The first-order chi connectivity index (χ1) is 6.76. The Morgan fingerprint density at radius 1 is 1.57 bits per heavy atom. The number of thiocarbonyl (C=S) groups is 1. The average Bonchev–Trinajstić information content (AvgIpc) is 2.18. The van der Waals surface area contributed by atoms with Gasteiger partial charge in [-0.25, -0.2) is 9.97 Å². The fourth-order valence-electron chi connectivity index (χ4n) is 0.841. The van der Waals surface area contributed by atoms with Gasteiger partial charge in [0.05, 0.1) is 7.11 Å². The molecule has 6 heteroatoms. The summed E-state index contributed by atoms with van der Waals surface area (Å²) in [4.78, 5) is 7.85. The lowest BCUT2D eigenvalue weighted by atomic mass is 10.5. The molecule has 0 aliphatic carbocycles. The Bertz CT molecular complexity index is 318. The first kappa shape index (κ1) is 10.6. The maximum atomic E-state index is 4.99. The highest BCUT2D eigenvalue weighted by Gasteiger charge is 1.99. The van der Waals surface area contributed by atoms with Crippen molar-refractivity contribution >= 4 is 23.1 Å². The van der Waals surface area contributed by atoms with Crippen molar-refractivity contribution < 1.29 is 4.74 Å². The van der Waals surface area contributed by atoms with E-state index in [0.717, 1.165) is 6.54 Å². The summed E-state index contributed by atoms with van der Waals surface area (Å²) in [6, 6.07) is 1.67. The highest BCUT2D eigenvalue weighted by atomic mass is 32.1. The molecule has 5 nitrogen and oxygen atoms in total. The minimum Gasteiger partial charge on any atom is -0.481 e. The molecule has 1 aromatic heterocycles. The first-order valence-corrected chi connectivity index (χ1v) is 4.58. The van der Waals surface area contributed by atoms with Crippen LogP contribution in [0.5, 0.6) is 5.88 Å². The molecule has 76 valence electrons. The molecular weight excluding hydrogens is 200 g/mol. The van der Waals surface area contributed by atoms with Gasteiger partial charge in [0.15, 0.2) is 5.11 Å². The Morgan fingerprint density at radius 3 is 3.00 bits per heavy atom. The second-order valence-electron chi connectivity index (χ2n) is 2.43. The van der Waals surface area contributed by atoms with Gasteiger partial charge in [-0.2, -0.15) is 0 Å². The van der Waals surface area contributed by atoms with E-state index in [1.54, 1.807) is 13.2 Å². The highest BCUT2D eigenvalue weighted by molar-refractivity contribution is 7.80. The maximum absolute atomic E-state index is 4.99. The molecule has 0 atom stereocenters. The van der Waals surface area contributed by atoms with Crippen molar-refractivity contribution in [1.29, 1.82) is 0 Å². The van der Waals surface area contributed by atoms with Crippen LogP contribution in [0.25, 0.3) is 0 Å². The van der Waals surface area contributed by atoms with Crippen LogP contribution in [0.1, 0.15) is 6.92 Å². The number of aromatic nitrogens is 2. The van der Waals surface area contributed by atoms with E-state index in [9.17, 15) is 0 Å². The number of rotatable bonds is 3. The number of nitrogens with one attached hydrogen (secondary N) is 2. The van der Waals surface area contributed by atoms with Crippen molar-refractivity contribution in [2.75, 3.05) is 19.0 Å². The van der Waals surface area contributed by atoms with Crippen molar-refractivity contribution in [3.8, 4) is 5.88 Å². The molecule has 0 bridgehead atoms. The maximum Gasteiger partial charge on any atom is 0.218 e. The van der Waals surface area contributed by atoms with E-state index in [4.69, 9.17) is 17.0 Å². The summed E-state index contributed by atoms with van der Waals surface area (Å²) in [5.41, 5.74) is 0. The van der Waals surface area contributed by atoms with Gasteiger partial charge in [-0.15, -0.1) is 0 Å². The van der Waals surface area contributed by atoms with Crippen LogP contribution in [-0.2, 0) is 0 Å². The van der Waals surface area contributed by atoms with E-state index in [1.165, 1.54) is 6.33 Å². The lowest BCUT2D eigenvalue weighted by Gasteiger charge is -2.07. The number of hydrogen-bond acceptors (Lipinski definition) is 4. The molecule has 0 fully saturated rings. The Labute approximate surface area is 87.9 Å². The zero-order valence-electron chi connectivity index (χ0n) is 8.07. The molecule has 1 aromatic rings. The summed E-state index contributed by atoms with van der Waals surface area (Å²) in [5.74, 6) is 1.12. The van der Waals surface area contributed by atoms with Crippen LogP contribution in [0, 0.1) is 0 Å². The number of methoxy groups -OCH3 is 1. The zero-order chi connectivity index (χ0) is 10.4. The van der Waals surface area contributed by atoms with E-state index < -0.39 is 0 Å². The van der Waals surface area contributed by atoms with Crippen molar-refractivity contribution in [2.24, 2.45) is 0 Å². The van der Waals surface area contributed by atoms with Crippen molar-refractivity contribution in [3.05, 3.63) is 12.4 Å². The van der Waals surface area contributed by atoms with Gasteiger partial charge in [-0.05, 0) is 19.1 Å².